The lowest BCUT2D eigenvalue weighted by atomic mass is 10.3. The predicted octanol–water partition coefficient (Wildman–Crippen LogP) is 0.248. The summed E-state index contributed by atoms with van der Waals surface area (Å²) in [7, 11) is 0. The van der Waals surface area contributed by atoms with Gasteiger partial charge in [-0.3, -0.25) is 0 Å². The van der Waals surface area contributed by atoms with E-state index in [4.69, 9.17) is 5.73 Å². The van der Waals surface area contributed by atoms with Crippen LogP contribution in [0.25, 0.3) is 0 Å². The van der Waals surface area contributed by atoms with Crippen molar-refractivity contribution in [3.05, 3.63) is 11.8 Å². The fourth-order valence-electron chi connectivity index (χ4n) is 1.04. The molecule has 13 heavy (non-hydrogen) atoms. The molecule has 0 unspecified atom stereocenters. The zero-order valence-electron chi connectivity index (χ0n) is 7.11. The normalized spacial score (nSPS) is 14.4. The molecule has 0 bridgehead atoms. The minimum Gasteiger partial charge on any atom is -0.370 e. The first-order chi connectivity index (χ1) is 6.29. The van der Waals surface area contributed by atoms with Gasteiger partial charge in [-0.15, -0.1) is 0 Å². The van der Waals surface area contributed by atoms with Crippen LogP contribution in [0.5, 0.6) is 0 Å². The van der Waals surface area contributed by atoms with Gasteiger partial charge >= 0.3 is 0 Å². The maximum absolute atomic E-state index is 5.51. The molecule has 2 rings (SSSR count). The van der Waals surface area contributed by atoms with E-state index in [1.165, 1.54) is 11.8 Å². The van der Waals surface area contributed by atoms with Crippen LogP contribution in [0.3, 0.4) is 0 Å². The largest absolute Gasteiger partial charge is 0.370 e. The molecule has 0 fully saturated rings. The molecule has 1 aliphatic heterocycles. The number of nitrogens with one attached hydrogen (secondary N) is 1. The van der Waals surface area contributed by atoms with Crippen LogP contribution < -0.4 is 11.1 Å². The molecule has 0 saturated carbocycles. The average molecular weight is 195 g/mol. The Labute approximate surface area is 79.9 Å². The Kier molecular flexibility index (Phi) is 2.05. The van der Waals surface area contributed by atoms with Crippen LogP contribution in [0.15, 0.2) is 16.3 Å². The van der Waals surface area contributed by atoms with Gasteiger partial charge in [-0.2, -0.15) is 4.99 Å². The first-order valence-electron chi connectivity index (χ1n) is 3.77. The molecule has 5 nitrogen and oxygen atoms in total. The Bertz CT molecular complexity index is 362. The summed E-state index contributed by atoms with van der Waals surface area (Å²) in [6.07, 6.45) is 3.70. The molecule has 1 aromatic heterocycles. The highest BCUT2D eigenvalue weighted by Gasteiger charge is 2.11. The van der Waals surface area contributed by atoms with Crippen molar-refractivity contribution in [3.63, 3.8) is 0 Å². The second-order valence-electron chi connectivity index (χ2n) is 2.56. The van der Waals surface area contributed by atoms with Crippen molar-refractivity contribution >= 4 is 23.5 Å². The van der Waals surface area contributed by atoms with E-state index in [9.17, 15) is 0 Å². The summed E-state index contributed by atoms with van der Waals surface area (Å²) in [5.41, 5.74) is 6.49. The van der Waals surface area contributed by atoms with Gasteiger partial charge in [-0.25, -0.2) is 9.97 Å². The van der Waals surface area contributed by atoms with Crippen molar-refractivity contribution in [2.75, 3.05) is 6.26 Å². The van der Waals surface area contributed by atoms with E-state index in [1.807, 2.05) is 6.26 Å². The number of nitrogens with two attached hydrogens (primary N) is 1. The van der Waals surface area contributed by atoms with Crippen molar-refractivity contribution in [2.24, 2.45) is 10.7 Å². The van der Waals surface area contributed by atoms with Gasteiger partial charge in [-0.1, -0.05) is 11.8 Å². The van der Waals surface area contributed by atoms with Crippen molar-refractivity contribution in [1.29, 1.82) is 0 Å². The number of guanidine groups is 1. The lowest BCUT2D eigenvalue weighted by Gasteiger charge is -2.13. The zero-order valence-corrected chi connectivity index (χ0v) is 7.93. The third-order valence-corrected chi connectivity index (χ3v) is 2.25. The van der Waals surface area contributed by atoms with Crippen LogP contribution in [-0.4, -0.2) is 22.2 Å². The summed E-state index contributed by atoms with van der Waals surface area (Å²) in [6.45, 7) is 0.652. The van der Waals surface area contributed by atoms with Crippen molar-refractivity contribution in [3.8, 4) is 0 Å². The minimum absolute atomic E-state index is 0.415. The monoisotopic (exact) mass is 195 g/mol. The van der Waals surface area contributed by atoms with Gasteiger partial charge in [0.25, 0.3) is 0 Å². The highest BCUT2D eigenvalue weighted by molar-refractivity contribution is 7.98. The van der Waals surface area contributed by atoms with E-state index in [2.05, 4.69) is 20.3 Å². The van der Waals surface area contributed by atoms with E-state index >= 15 is 0 Å². The SMILES string of the molecule is CSc1ncc2c(n1)N=C(N)NC2. The molecule has 68 valence electrons. The number of thioether (sulfide) groups is 1. The molecule has 3 N–H and O–H groups in total. The minimum atomic E-state index is 0.415. The summed E-state index contributed by atoms with van der Waals surface area (Å²) >= 11 is 1.49. The number of aromatic nitrogens is 2. The van der Waals surface area contributed by atoms with E-state index in [0.29, 0.717) is 18.3 Å². The first kappa shape index (κ1) is 8.31. The van der Waals surface area contributed by atoms with Gasteiger partial charge in [0.2, 0.25) is 0 Å². The summed E-state index contributed by atoms with van der Waals surface area (Å²) in [4.78, 5) is 12.4. The second kappa shape index (κ2) is 3.21. The van der Waals surface area contributed by atoms with Crippen LogP contribution in [-0.2, 0) is 6.54 Å². The van der Waals surface area contributed by atoms with Gasteiger partial charge in [-0.05, 0) is 6.26 Å². The maximum atomic E-state index is 5.51. The lowest BCUT2D eigenvalue weighted by Crippen LogP contribution is -2.33. The van der Waals surface area contributed by atoms with Gasteiger partial charge in [0, 0.05) is 18.3 Å². The number of fused-ring (bicyclic) bond motifs is 1. The summed E-state index contributed by atoms with van der Waals surface area (Å²) < 4.78 is 0. The van der Waals surface area contributed by atoms with Crippen LogP contribution in [0.4, 0.5) is 5.82 Å². The molecule has 6 heteroatoms. The molecule has 1 aromatic rings. The lowest BCUT2D eigenvalue weighted by molar-refractivity contribution is 0.829. The van der Waals surface area contributed by atoms with Gasteiger partial charge in [0.15, 0.2) is 16.9 Å². The molecule has 0 aromatic carbocycles. The second-order valence-corrected chi connectivity index (χ2v) is 3.33. The first-order valence-corrected chi connectivity index (χ1v) is 5.00. The van der Waals surface area contributed by atoms with Crippen LogP contribution in [0.2, 0.25) is 0 Å². The smallest absolute Gasteiger partial charge is 0.195 e. The van der Waals surface area contributed by atoms with Crippen molar-refractivity contribution in [2.45, 2.75) is 11.7 Å². The van der Waals surface area contributed by atoms with E-state index in [0.717, 1.165) is 10.7 Å². The average Bonchev–Trinajstić information content (AvgIpc) is 2.16. The molecule has 0 aliphatic carbocycles. The van der Waals surface area contributed by atoms with E-state index in [1.54, 1.807) is 6.20 Å². The standard InChI is InChI=1S/C7H9N5S/c1-13-7-10-3-4-2-9-6(8)11-5(4)12-7/h3H,2H2,1H3,(H3,8,9,10,11,12). The van der Waals surface area contributed by atoms with E-state index < -0.39 is 0 Å². The molecule has 0 saturated heterocycles. The molecule has 0 spiro atoms. The molecule has 0 radical (unpaired) electrons. The molecule has 0 atom stereocenters. The number of nitrogens with zero attached hydrogens (tertiary/aromatic N) is 3. The Hall–Kier alpha value is -1.30. The van der Waals surface area contributed by atoms with Crippen molar-refractivity contribution in [1.82, 2.24) is 15.3 Å². The highest BCUT2D eigenvalue weighted by atomic mass is 32.2. The fraction of sp³-hybridized carbons (Fsp3) is 0.286. The third kappa shape index (κ3) is 1.57. The molecular formula is C7H9N5S. The van der Waals surface area contributed by atoms with Crippen LogP contribution in [0, 0.1) is 0 Å². The predicted molar refractivity (Wildman–Crippen MR) is 51.9 cm³/mol. The summed E-state index contributed by atoms with van der Waals surface area (Å²) in [5, 5.41) is 3.64. The third-order valence-electron chi connectivity index (χ3n) is 1.69. The summed E-state index contributed by atoms with van der Waals surface area (Å²) in [6, 6.07) is 0. The molecule has 1 aliphatic rings. The Morgan fingerprint density at radius 1 is 1.62 bits per heavy atom. The number of aliphatic imine (C=N–C) groups is 1. The van der Waals surface area contributed by atoms with Crippen LogP contribution >= 0.6 is 11.8 Å². The quantitative estimate of drug-likeness (QED) is 0.496. The molecule has 0 amide bonds. The Balaban J connectivity index is 2.45. The summed E-state index contributed by atoms with van der Waals surface area (Å²) in [5.74, 6) is 1.09. The van der Waals surface area contributed by atoms with Gasteiger partial charge in [0.1, 0.15) is 0 Å². The number of hydrogen-bond acceptors (Lipinski definition) is 6. The van der Waals surface area contributed by atoms with E-state index in [-0.39, 0.29) is 0 Å². The highest BCUT2D eigenvalue weighted by Crippen LogP contribution is 2.20. The number of hydrogen-bond donors (Lipinski definition) is 2. The maximum Gasteiger partial charge on any atom is 0.195 e. The fourth-order valence-corrected chi connectivity index (χ4v) is 1.38. The van der Waals surface area contributed by atoms with Crippen LogP contribution in [0.1, 0.15) is 5.56 Å². The molecule has 2 heterocycles. The number of rotatable bonds is 1. The zero-order chi connectivity index (χ0) is 9.26. The Morgan fingerprint density at radius 2 is 2.46 bits per heavy atom. The van der Waals surface area contributed by atoms with Crippen molar-refractivity contribution < 1.29 is 0 Å². The van der Waals surface area contributed by atoms with Gasteiger partial charge < -0.3 is 11.1 Å². The van der Waals surface area contributed by atoms with Gasteiger partial charge in [0.05, 0.1) is 0 Å². The molecular weight excluding hydrogens is 186 g/mol. The topological polar surface area (TPSA) is 76.2 Å². The Morgan fingerprint density at radius 3 is 3.23 bits per heavy atom.